The molecule has 2 heterocycles. The Balaban J connectivity index is 2.15. The summed E-state index contributed by atoms with van der Waals surface area (Å²) in [6.07, 6.45) is 0.621. The number of allylic oxidation sites excluding steroid dienone is 1. The molecule has 3 aromatic rings. The van der Waals surface area contributed by atoms with Crippen molar-refractivity contribution in [2.75, 3.05) is 19.1 Å². The third-order valence-electron chi connectivity index (χ3n) is 6.25. The number of esters is 2. The van der Waals surface area contributed by atoms with Crippen molar-refractivity contribution >= 4 is 40.2 Å². The van der Waals surface area contributed by atoms with Gasteiger partial charge in [-0.1, -0.05) is 48.9 Å². The lowest BCUT2D eigenvalue weighted by Gasteiger charge is -2.35. The van der Waals surface area contributed by atoms with Gasteiger partial charge in [-0.3, -0.25) is 4.90 Å². The second-order valence-corrected chi connectivity index (χ2v) is 8.58. The smallest absolute Gasteiger partial charge is 0.355 e. The highest BCUT2D eigenvalue weighted by Gasteiger charge is 2.43. The number of furan rings is 1. The van der Waals surface area contributed by atoms with E-state index in [1.807, 2.05) is 13.8 Å². The number of aryl methyl sites for hydroxylation is 2. The molecular weight excluding hydrogens is 482 g/mol. The molecule has 0 amide bonds. The molecule has 1 aliphatic heterocycles. The van der Waals surface area contributed by atoms with Gasteiger partial charge in [-0.05, 0) is 30.2 Å². The Kier molecular flexibility index (Phi) is 6.77. The maximum Gasteiger partial charge on any atom is 0.355 e. The number of halogens is 1. The number of anilines is 1. The number of hydrogen-bond donors (Lipinski definition) is 1. The van der Waals surface area contributed by atoms with Crippen LogP contribution in [0.15, 0.2) is 69.5 Å². The molecule has 2 N–H and O–H groups in total. The standard InChI is InChI=1S/C27H24ClN3O5/c1-5-20-14(2)17-11-16(28)12-19(24(17)36-20)31-23(27(33)35-4)22(26(32)34-3)21(18(13-29)25(31)30)15-9-7-6-8-10-15/h6-12,21H,5,30H2,1-4H3. The highest BCUT2D eigenvalue weighted by atomic mass is 35.5. The van der Waals surface area contributed by atoms with Crippen molar-refractivity contribution < 1.29 is 23.5 Å². The van der Waals surface area contributed by atoms with Crippen molar-refractivity contribution in [2.24, 2.45) is 5.73 Å². The number of benzene rings is 2. The number of nitrogens with two attached hydrogens (primary N) is 1. The second-order valence-electron chi connectivity index (χ2n) is 8.14. The molecular formula is C27H24ClN3O5. The lowest BCUT2D eigenvalue weighted by molar-refractivity contribution is -0.139. The summed E-state index contributed by atoms with van der Waals surface area (Å²) in [6.45, 7) is 3.86. The number of carbonyl (C=O) groups excluding carboxylic acids is 2. The summed E-state index contributed by atoms with van der Waals surface area (Å²) in [5.41, 5.74) is 8.54. The van der Waals surface area contributed by atoms with Gasteiger partial charge in [0.15, 0.2) is 5.58 Å². The van der Waals surface area contributed by atoms with Gasteiger partial charge < -0.3 is 19.6 Å². The van der Waals surface area contributed by atoms with Crippen molar-refractivity contribution in [3.8, 4) is 6.07 Å². The summed E-state index contributed by atoms with van der Waals surface area (Å²) >= 11 is 6.48. The van der Waals surface area contributed by atoms with Crippen LogP contribution < -0.4 is 10.6 Å². The van der Waals surface area contributed by atoms with Gasteiger partial charge in [0.05, 0.1) is 43.0 Å². The van der Waals surface area contributed by atoms with Crippen LogP contribution in [0.3, 0.4) is 0 Å². The minimum Gasteiger partial charge on any atom is -0.466 e. The molecule has 0 saturated heterocycles. The van der Waals surface area contributed by atoms with E-state index in [1.54, 1.807) is 42.5 Å². The first-order valence-electron chi connectivity index (χ1n) is 11.2. The average Bonchev–Trinajstić information content (AvgIpc) is 3.22. The topological polar surface area (TPSA) is 119 Å². The largest absolute Gasteiger partial charge is 0.466 e. The Labute approximate surface area is 213 Å². The number of hydrogen-bond acceptors (Lipinski definition) is 8. The Morgan fingerprint density at radius 3 is 2.42 bits per heavy atom. The van der Waals surface area contributed by atoms with E-state index in [2.05, 4.69) is 6.07 Å². The molecule has 36 heavy (non-hydrogen) atoms. The monoisotopic (exact) mass is 505 g/mol. The molecule has 4 rings (SSSR count). The minimum absolute atomic E-state index is 0.0568. The van der Waals surface area contributed by atoms with Crippen molar-refractivity contribution in [1.29, 1.82) is 5.26 Å². The minimum atomic E-state index is -0.965. The maximum absolute atomic E-state index is 13.3. The number of carbonyl (C=O) groups is 2. The molecule has 1 unspecified atom stereocenters. The molecule has 0 bridgehead atoms. The summed E-state index contributed by atoms with van der Waals surface area (Å²) in [6, 6.07) is 14.3. The maximum atomic E-state index is 13.3. The van der Waals surface area contributed by atoms with E-state index < -0.39 is 17.9 Å². The van der Waals surface area contributed by atoms with Crippen LogP contribution in [0.2, 0.25) is 5.02 Å². The van der Waals surface area contributed by atoms with Crippen LogP contribution in [0.1, 0.15) is 29.7 Å². The third-order valence-corrected chi connectivity index (χ3v) is 6.47. The Hall–Kier alpha value is -4.22. The number of ether oxygens (including phenoxy) is 2. The zero-order valence-electron chi connectivity index (χ0n) is 20.2. The summed E-state index contributed by atoms with van der Waals surface area (Å²) in [4.78, 5) is 27.8. The number of nitriles is 1. The fraction of sp³-hybridized carbons (Fsp3) is 0.222. The molecule has 184 valence electrons. The van der Waals surface area contributed by atoms with E-state index in [0.29, 0.717) is 28.3 Å². The predicted molar refractivity (Wildman–Crippen MR) is 135 cm³/mol. The van der Waals surface area contributed by atoms with Crippen LogP contribution in [0.25, 0.3) is 11.0 Å². The van der Waals surface area contributed by atoms with Gasteiger partial charge in [-0.15, -0.1) is 0 Å². The molecule has 0 radical (unpaired) electrons. The molecule has 0 fully saturated rings. The fourth-order valence-corrected chi connectivity index (χ4v) is 4.79. The van der Waals surface area contributed by atoms with Crippen LogP contribution in [-0.2, 0) is 25.5 Å². The zero-order chi connectivity index (χ0) is 26.1. The van der Waals surface area contributed by atoms with E-state index in [-0.39, 0.29) is 22.7 Å². The van der Waals surface area contributed by atoms with Gasteiger partial charge in [0, 0.05) is 16.8 Å². The van der Waals surface area contributed by atoms with E-state index in [4.69, 9.17) is 31.2 Å². The summed E-state index contributed by atoms with van der Waals surface area (Å²) in [5, 5.41) is 11.3. The van der Waals surface area contributed by atoms with Gasteiger partial charge in [-0.25, -0.2) is 9.59 Å². The lowest BCUT2D eigenvalue weighted by atomic mass is 9.81. The first-order valence-corrected chi connectivity index (χ1v) is 11.5. The van der Waals surface area contributed by atoms with Gasteiger partial charge in [0.25, 0.3) is 0 Å². The number of rotatable bonds is 5. The normalized spacial score (nSPS) is 15.8. The van der Waals surface area contributed by atoms with Crippen LogP contribution in [-0.4, -0.2) is 26.2 Å². The van der Waals surface area contributed by atoms with Gasteiger partial charge in [0.2, 0.25) is 0 Å². The highest BCUT2D eigenvalue weighted by Crippen LogP contribution is 2.46. The van der Waals surface area contributed by atoms with Gasteiger partial charge in [-0.2, -0.15) is 5.26 Å². The van der Waals surface area contributed by atoms with Crippen molar-refractivity contribution in [2.45, 2.75) is 26.2 Å². The van der Waals surface area contributed by atoms with Gasteiger partial charge in [0.1, 0.15) is 17.3 Å². The molecule has 1 aromatic heterocycles. The first-order chi connectivity index (χ1) is 17.3. The molecule has 0 saturated carbocycles. The first kappa shape index (κ1) is 24.9. The van der Waals surface area contributed by atoms with Crippen LogP contribution in [0.5, 0.6) is 0 Å². The average molecular weight is 506 g/mol. The predicted octanol–water partition coefficient (Wildman–Crippen LogP) is 4.85. The van der Waals surface area contributed by atoms with E-state index in [9.17, 15) is 14.9 Å². The fourth-order valence-electron chi connectivity index (χ4n) is 4.58. The second kappa shape index (κ2) is 9.80. The highest BCUT2D eigenvalue weighted by molar-refractivity contribution is 6.32. The Morgan fingerprint density at radius 1 is 1.17 bits per heavy atom. The van der Waals surface area contributed by atoms with E-state index in [1.165, 1.54) is 19.1 Å². The van der Waals surface area contributed by atoms with Crippen LogP contribution >= 0.6 is 11.6 Å². The molecule has 9 heteroatoms. The Morgan fingerprint density at radius 2 is 1.83 bits per heavy atom. The van der Waals surface area contributed by atoms with Gasteiger partial charge >= 0.3 is 11.9 Å². The van der Waals surface area contributed by atoms with Crippen LogP contribution in [0.4, 0.5) is 5.69 Å². The van der Waals surface area contributed by atoms with E-state index >= 15 is 0 Å². The molecule has 0 aliphatic carbocycles. The quantitative estimate of drug-likeness (QED) is 0.488. The third kappa shape index (κ3) is 3.88. The summed E-state index contributed by atoms with van der Waals surface area (Å²) in [5.74, 6) is -1.95. The Bertz CT molecular complexity index is 1480. The number of nitrogens with zero attached hydrogens (tertiary/aromatic N) is 2. The van der Waals surface area contributed by atoms with Crippen LogP contribution in [0, 0.1) is 18.3 Å². The number of methoxy groups -OCH3 is 2. The summed E-state index contributed by atoms with van der Waals surface area (Å²) in [7, 11) is 2.39. The summed E-state index contributed by atoms with van der Waals surface area (Å²) < 4.78 is 16.3. The van der Waals surface area contributed by atoms with Crippen molar-refractivity contribution in [1.82, 2.24) is 0 Å². The molecule has 1 aliphatic rings. The zero-order valence-corrected chi connectivity index (χ0v) is 21.0. The number of fused-ring (bicyclic) bond motifs is 1. The molecule has 8 nitrogen and oxygen atoms in total. The molecule has 2 aromatic carbocycles. The lowest BCUT2D eigenvalue weighted by Crippen LogP contribution is -2.40. The van der Waals surface area contributed by atoms with Crippen molar-refractivity contribution in [3.63, 3.8) is 0 Å². The molecule has 1 atom stereocenters. The van der Waals surface area contributed by atoms with Crippen molar-refractivity contribution in [3.05, 3.63) is 87.0 Å². The molecule has 0 spiro atoms. The van der Waals surface area contributed by atoms with E-state index in [0.717, 1.165) is 16.7 Å². The SMILES string of the molecule is CCc1oc2c(N3C(N)=C(C#N)C(c4ccccc4)C(C(=O)OC)=C3C(=O)OC)cc(Cl)cc2c1C.